The van der Waals surface area contributed by atoms with E-state index in [1.165, 1.54) is 17.0 Å². The maximum absolute atomic E-state index is 14.0. The number of carbonyl (C=O) groups excluding carboxylic acids is 2. The van der Waals surface area contributed by atoms with Crippen LogP contribution in [0.1, 0.15) is 38.2 Å². The standard InChI is InChI=1S/C30H34BrN3O5S/c1-22(30(36)32-25-10-6-7-11-25)33(20-23-15-17-27(39-2)18-16-23)29(35)21-34(26-12-8-9-24(31)19-26)40(37,38)28-13-4-3-5-14-28/h3-5,8-9,12-19,22,25H,6-7,10-11,20-21H2,1-2H3,(H,32,36)/t22-/m1/s1. The third kappa shape index (κ3) is 7.22. The molecule has 8 nitrogen and oxygen atoms in total. The van der Waals surface area contributed by atoms with Crippen molar-refractivity contribution in [3.8, 4) is 5.75 Å². The van der Waals surface area contributed by atoms with Crippen molar-refractivity contribution >= 4 is 43.5 Å². The lowest BCUT2D eigenvalue weighted by Gasteiger charge is -2.32. The number of ether oxygens (including phenoxy) is 1. The van der Waals surface area contributed by atoms with Crippen molar-refractivity contribution in [1.29, 1.82) is 0 Å². The van der Waals surface area contributed by atoms with E-state index in [9.17, 15) is 18.0 Å². The molecule has 10 heteroatoms. The van der Waals surface area contributed by atoms with Gasteiger partial charge in [0.1, 0.15) is 18.3 Å². The molecule has 1 atom stereocenters. The van der Waals surface area contributed by atoms with Crippen molar-refractivity contribution < 1.29 is 22.7 Å². The Morgan fingerprint density at radius 1 is 1.00 bits per heavy atom. The van der Waals surface area contributed by atoms with E-state index >= 15 is 0 Å². The molecule has 0 bridgehead atoms. The topological polar surface area (TPSA) is 96.0 Å². The first-order chi connectivity index (χ1) is 19.2. The number of nitrogens with one attached hydrogen (secondary N) is 1. The minimum absolute atomic E-state index is 0.0662. The van der Waals surface area contributed by atoms with Crippen LogP contribution in [-0.4, -0.2) is 50.9 Å². The Kier molecular flexibility index (Phi) is 9.86. The first-order valence-electron chi connectivity index (χ1n) is 13.2. The summed E-state index contributed by atoms with van der Waals surface area (Å²) in [5, 5.41) is 3.08. The highest BCUT2D eigenvalue weighted by molar-refractivity contribution is 9.10. The maximum Gasteiger partial charge on any atom is 0.264 e. The Bertz CT molecular complexity index is 1410. The van der Waals surface area contributed by atoms with Gasteiger partial charge in [0.2, 0.25) is 11.8 Å². The summed E-state index contributed by atoms with van der Waals surface area (Å²) in [5.74, 6) is -0.0820. The van der Waals surface area contributed by atoms with Crippen molar-refractivity contribution in [2.75, 3.05) is 18.0 Å². The van der Waals surface area contributed by atoms with Gasteiger partial charge in [-0.1, -0.05) is 65.2 Å². The second kappa shape index (κ2) is 13.3. The zero-order chi connectivity index (χ0) is 28.7. The number of anilines is 1. The zero-order valence-electron chi connectivity index (χ0n) is 22.6. The number of halogens is 1. The van der Waals surface area contributed by atoms with Gasteiger partial charge >= 0.3 is 0 Å². The molecular formula is C30H34BrN3O5S. The highest BCUT2D eigenvalue weighted by Gasteiger charge is 2.33. The molecule has 1 fully saturated rings. The first-order valence-corrected chi connectivity index (χ1v) is 15.5. The molecule has 0 radical (unpaired) electrons. The number of methoxy groups -OCH3 is 1. The largest absolute Gasteiger partial charge is 0.497 e. The molecule has 3 aromatic rings. The van der Waals surface area contributed by atoms with E-state index in [1.54, 1.807) is 68.6 Å². The summed E-state index contributed by atoms with van der Waals surface area (Å²) >= 11 is 3.41. The Balaban J connectivity index is 1.67. The van der Waals surface area contributed by atoms with E-state index < -0.39 is 28.5 Å². The molecule has 4 rings (SSSR count). The van der Waals surface area contributed by atoms with Gasteiger partial charge in [-0.05, 0) is 67.8 Å². The first kappa shape index (κ1) is 29.6. The van der Waals surface area contributed by atoms with E-state index in [4.69, 9.17) is 4.74 Å². The van der Waals surface area contributed by atoms with Crippen LogP contribution in [0.2, 0.25) is 0 Å². The Morgan fingerprint density at radius 3 is 2.30 bits per heavy atom. The minimum Gasteiger partial charge on any atom is -0.497 e. The molecule has 3 aromatic carbocycles. The lowest BCUT2D eigenvalue weighted by molar-refractivity contribution is -0.139. The maximum atomic E-state index is 14.0. The molecule has 0 saturated heterocycles. The van der Waals surface area contributed by atoms with Gasteiger partial charge < -0.3 is 15.0 Å². The summed E-state index contributed by atoms with van der Waals surface area (Å²) < 4.78 is 34.6. The number of hydrogen-bond acceptors (Lipinski definition) is 5. The van der Waals surface area contributed by atoms with Crippen LogP contribution < -0.4 is 14.4 Å². The number of benzene rings is 3. The molecule has 40 heavy (non-hydrogen) atoms. The average Bonchev–Trinajstić information content (AvgIpc) is 3.48. The Morgan fingerprint density at radius 2 is 1.68 bits per heavy atom. The van der Waals surface area contributed by atoms with Gasteiger partial charge in [-0.2, -0.15) is 0 Å². The predicted octanol–water partition coefficient (Wildman–Crippen LogP) is 5.13. The Hall–Kier alpha value is -3.37. The zero-order valence-corrected chi connectivity index (χ0v) is 25.0. The van der Waals surface area contributed by atoms with E-state index in [2.05, 4.69) is 21.2 Å². The van der Waals surface area contributed by atoms with Crippen LogP contribution >= 0.6 is 15.9 Å². The fourth-order valence-corrected chi connectivity index (χ4v) is 6.60. The van der Waals surface area contributed by atoms with Crippen LogP contribution in [-0.2, 0) is 26.2 Å². The van der Waals surface area contributed by atoms with E-state index in [1.807, 2.05) is 12.1 Å². The van der Waals surface area contributed by atoms with Crippen LogP contribution in [0.3, 0.4) is 0 Å². The van der Waals surface area contributed by atoms with E-state index in [0.717, 1.165) is 35.6 Å². The molecule has 1 saturated carbocycles. The lowest BCUT2D eigenvalue weighted by atomic mass is 10.1. The van der Waals surface area contributed by atoms with Crippen LogP contribution in [0, 0.1) is 0 Å². The van der Waals surface area contributed by atoms with Crippen molar-refractivity contribution in [2.24, 2.45) is 0 Å². The van der Waals surface area contributed by atoms with E-state index in [0.29, 0.717) is 15.9 Å². The summed E-state index contributed by atoms with van der Waals surface area (Å²) in [5.41, 5.74) is 1.12. The minimum atomic E-state index is -4.10. The number of sulfonamides is 1. The number of nitrogens with zero attached hydrogens (tertiary/aromatic N) is 2. The van der Waals surface area contributed by atoms with Crippen LogP contribution in [0.4, 0.5) is 5.69 Å². The fourth-order valence-electron chi connectivity index (χ4n) is 4.78. The third-order valence-corrected chi connectivity index (χ3v) is 9.37. The fraction of sp³-hybridized carbons (Fsp3) is 0.333. The van der Waals surface area contributed by atoms with Crippen LogP contribution in [0.15, 0.2) is 88.2 Å². The number of hydrogen-bond donors (Lipinski definition) is 1. The van der Waals surface area contributed by atoms with Gasteiger partial charge in [-0.3, -0.25) is 13.9 Å². The molecule has 0 unspecified atom stereocenters. The highest BCUT2D eigenvalue weighted by Crippen LogP contribution is 2.27. The summed E-state index contributed by atoms with van der Waals surface area (Å²) in [6.07, 6.45) is 3.95. The molecule has 0 aliphatic heterocycles. The molecule has 1 N–H and O–H groups in total. The van der Waals surface area contributed by atoms with Gasteiger partial charge in [0.05, 0.1) is 17.7 Å². The van der Waals surface area contributed by atoms with Gasteiger partial charge in [0.15, 0.2) is 0 Å². The van der Waals surface area contributed by atoms with Crippen molar-refractivity contribution in [3.63, 3.8) is 0 Å². The van der Waals surface area contributed by atoms with Gasteiger partial charge in [-0.15, -0.1) is 0 Å². The molecule has 0 aromatic heterocycles. The van der Waals surface area contributed by atoms with E-state index in [-0.39, 0.29) is 23.4 Å². The van der Waals surface area contributed by atoms with Crippen molar-refractivity contribution in [2.45, 2.75) is 56.1 Å². The van der Waals surface area contributed by atoms with Gasteiger partial charge in [-0.25, -0.2) is 8.42 Å². The smallest absolute Gasteiger partial charge is 0.264 e. The van der Waals surface area contributed by atoms with Crippen LogP contribution in [0.5, 0.6) is 5.75 Å². The summed E-state index contributed by atoms with van der Waals surface area (Å²) in [4.78, 5) is 28.8. The van der Waals surface area contributed by atoms with Gasteiger partial charge in [0, 0.05) is 17.1 Å². The number of carbonyl (C=O) groups is 2. The summed E-state index contributed by atoms with van der Waals surface area (Å²) in [7, 11) is -2.52. The SMILES string of the molecule is COc1ccc(CN(C(=O)CN(c2cccc(Br)c2)S(=O)(=O)c2ccccc2)[C@H](C)C(=O)NC2CCCC2)cc1. The van der Waals surface area contributed by atoms with Crippen molar-refractivity contribution in [3.05, 3.63) is 88.9 Å². The molecule has 2 amide bonds. The Labute approximate surface area is 244 Å². The summed E-state index contributed by atoms with van der Waals surface area (Å²) in [6.45, 7) is 1.32. The quantitative estimate of drug-likeness (QED) is 0.318. The normalized spacial score (nSPS) is 14.4. The highest BCUT2D eigenvalue weighted by atomic mass is 79.9. The second-order valence-corrected chi connectivity index (χ2v) is 12.6. The number of rotatable bonds is 11. The monoisotopic (exact) mass is 627 g/mol. The third-order valence-electron chi connectivity index (χ3n) is 7.09. The van der Waals surface area contributed by atoms with Crippen molar-refractivity contribution in [1.82, 2.24) is 10.2 Å². The molecule has 212 valence electrons. The molecule has 1 aliphatic rings. The lowest BCUT2D eigenvalue weighted by Crippen LogP contribution is -2.52. The molecular weight excluding hydrogens is 594 g/mol. The predicted molar refractivity (Wildman–Crippen MR) is 159 cm³/mol. The molecule has 1 aliphatic carbocycles. The summed E-state index contributed by atoms with van der Waals surface area (Å²) in [6, 6.07) is 21.3. The molecule has 0 heterocycles. The molecule has 0 spiro atoms. The second-order valence-electron chi connectivity index (χ2n) is 9.84. The number of amides is 2. The van der Waals surface area contributed by atoms with Crippen LogP contribution in [0.25, 0.3) is 0 Å². The van der Waals surface area contributed by atoms with Gasteiger partial charge in [0.25, 0.3) is 10.0 Å². The average molecular weight is 629 g/mol.